The first kappa shape index (κ1) is 16.4. The van der Waals surface area contributed by atoms with Gasteiger partial charge in [0.2, 0.25) is 10.0 Å². The van der Waals surface area contributed by atoms with E-state index in [1.54, 1.807) is 25.1 Å². The van der Waals surface area contributed by atoms with Crippen LogP contribution in [0, 0.1) is 12.8 Å². The molecular weight excluding hydrogens is 288 g/mol. The van der Waals surface area contributed by atoms with Gasteiger partial charge in [0, 0.05) is 12.6 Å². The van der Waals surface area contributed by atoms with Crippen LogP contribution < -0.4 is 4.72 Å². The molecule has 0 spiro atoms. The number of benzene rings is 1. The van der Waals surface area contributed by atoms with E-state index in [9.17, 15) is 13.5 Å². The monoisotopic (exact) mass is 312 g/mol. The Labute approximate surface area is 127 Å². The van der Waals surface area contributed by atoms with Crippen LogP contribution in [0.15, 0.2) is 23.1 Å². The summed E-state index contributed by atoms with van der Waals surface area (Å²) in [5, 5.41) is 9.28. The predicted octanol–water partition coefficient (Wildman–Crippen LogP) is 1.11. The van der Waals surface area contributed by atoms with Crippen molar-refractivity contribution in [3.8, 4) is 0 Å². The minimum absolute atomic E-state index is 0.0385. The van der Waals surface area contributed by atoms with Gasteiger partial charge in [0.05, 0.1) is 11.5 Å². The number of piperidine rings is 1. The first-order valence-corrected chi connectivity index (χ1v) is 8.73. The maximum absolute atomic E-state index is 12.6. The zero-order valence-electron chi connectivity index (χ0n) is 12.8. The van der Waals surface area contributed by atoms with Gasteiger partial charge in [-0.15, -0.1) is 0 Å². The van der Waals surface area contributed by atoms with E-state index in [-0.39, 0.29) is 23.5 Å². The third-order valence-corrected chi connectivity index (χ3v) is 5.91. The second kappa shape index (κ2) is 6.44. The van der Waals surface area contributed by atoms with Crippen LogP contribution in [0.25, 0.3) is 0 Å². The minimum atomic E-state index is -3.55. The fourth-order valence-electron chi connectivity index (χ4n) is 2.91. The van der Waals surface area contributed by atoms with E-state index in [4.69, 9.17) is 0 Å². The van der Waals surface area contributed by atoms with Gasteiger partial charge in [-0.2, -0.15) is 0 Å². The molecule has 2 rings (SSSR count). The van der Waals surface area contributed by atoms with Crippen molar-refractivity contribution in [1.82, 2.24) is 9.62 Å². The first-order valence-electron chi connectivity index (χ1n) is 7.25. The van der Waals surface area contributed by atoms with Crippen molar-refractivity contribution in [2.75, 3.05) is 20.1 Å². The fraction of sp³-hybridized carbons (Fsp3) is 0.600. The summed E-state index contributed by atoms with van der Waals surface area (Å²) in [7, 11) is -1.50. The summed E-state index contributed by atoms with van der Waals surface area (Å²) in [5.74, 6) is 0.278. The molecule has 0 bridgehead atoms. The largest absolute Gasteiger partial charge is 0.392 e. The highest BCUT2D eigenvalue weighted by Gasteiger charge is 2.29. The fourth-order valence-corrected chi connectivity index (χ4v) is 4.58. The van der Waals surface area contributed by atoms with Crippen LogP contribution in [-0.2, 0) is 16.6 Å². The van der Waals surface area contributed by atoms with Crippen molar-refractivity contribution in [2.24, 2.45) is 5.92 Å². The van der Waals surface area contributed by atoms with Gasteiger partial charge < -0.3 is 10.0 Å². The second-order valence-electron chi connectivity index (χ2n) is 5.95. The van der Waals surface area contributed by atoms with E-state index >= 15 is 0 Å². The molecule has 1 aliphatic heterocycles. The van der Waals surface area contributed by atoms with Crippen molar-refractivity contribution < 1.29 is 13.5 Å². The maximum Gasteiger partial charge on any atom is 0.241 e. The molecule has 21 heavy (non-hydrogen) atoms. The van der Waals surface area contributed by atoms with Crippen molar-refractivity contribution in [1.29, 1.82) is 0 Å². The number of rotatable bonds is 4. The summed E-state index contributed by atoms with van der Waals surface area (Å²) >= 11 is 0. The number of aliphatic hydroxyl groups is 1. The summed E-state index contributed by atoms with van der Waals surface area (Å²) in [4.78, 5) is 2.48. The highest BCUT2D eigenvalue weighted by atomic mass is 32.2. The SMILES string of the molecule is Cc1c(CO)cccc1S(=O)(=O)NC1CCN(C)CC1C. The van der Waals surface area contributed by atoms with Gasteiger partial charge >= 0.3 is 0 Å². The van der Waals surface area contributed by atoms with Crippen molar-refractivity contribution in [2.45, 2.75) is 37.8 Å². The molecule has 2 unspecified atom stereocenters. The normalized spacial score (nSPS) is 24.2. The molecule has 6 heteroatoms. The standard InChI is InChI=1S/C15H24N2O3S/c1-11-9-17(3)8-7-14(11)16-21(19,20)15-6-4-5-13(10-18)12(15)2/h4-6,11,14,16,18H,7-10H2,1-3H3. The summed E-state index contributed by atoms with van der Waals surface area (Å²) < 4.78 is 28.1. The van der Waals surface area contributed by atoms with Gasteiger partial charge in [-0.1, -0.05) is 19.1 Å². The predicted molar refractivity (Wildman–Crippen MR) is 82.5 cm³/mol. The van der Waals surface area contributed by atoms with Crippen LogP contribution in [0.4, 0.5) is 0 Å². The quantitative estimate of drug-likeness (QED) is 0.874. The van der Waals surface area contributed by atoms with E-state index in [2.05, 4.69) is 23.6 Å². The number of aliphatic hydroxyl groups excluding tert-OH is 1. The molecule has 1 fully saturated rings. The third-order valence-electron chi connectivity index (χ3n) is 4.27. The Kier molecular flexibility index (Phi) is 5.03. The summed E-state index contributed by atoms with van der Waals surface area (Å²) in [6.07, 6.45) is 0.815. The highest BCUT2D eigenvalue weighted by Crippen LogP contribution is 2.22. The van der Waals surface area contributed by atoms with Crippen molar-refractivity contribution >= 4 is 10.0 Å². The first-order chi connectivity index (χ1) is 9.85. The Hall–Kier alpha value is -0.950. The van der Waals surface area contributed by atoms with Crippen LogP contribution in [0.3, 0.4) is 0 Å². The van der Waals surface area contributed by atoms with Gasteiger partial charge in [0.15, 0.2) is 0 Å². The van der Waals surface area contributed by atoms with Crippen LogP contribution >= 0.6 is 0 Å². The van der Waals surface area contributed by atoms with Gasteiger partial charge in [-0.05, 0) is 50.0 Å². The van der Waals surface area contributed by atoms with Crippen LogP contribution in [0.5, 0.6) is 0 Å². The molecule has 2 N–H and O–H groups in total. The number of nitrogens with zero attached hydrogens (tertiary/aromatic N) is 1. The number of sulfonamides is 1. The lowest BCUT2D eigenvalue weighted by Crippen LogP contribution is -2.48. The van der Waals surface area contributed by atoms with Crippen molar-refractivity contribution in [3.05, 3.63) is 29.3 Å². The molecule has 0 amide bonds. The minimum Gasteiger partial charge on any atom is -0.392 e. The lowest BCUT2D eigenvalue weighted by Gasteiger charge is -2.35. The molecule has 1 saturated heterocycles. The molecule has 1 aromatic carbocycles. The maximum atomic E-state index is 12.6. The second-order valence-corrected chi connectivity index (χ2v) is 7.64. The Morgan fingerprint density at radius 1 is 1.43 bits per heavy atom. The van der Waals surface area contributed by atoms with Gasteiger partial charge in [0.1, 0.15) is 0 Å². The Morgan fingerprint density at radius 3 is 2.76 bits per heavy atom. The molecule has 0 aromatic heterocycles. The summed E-state index contributed by atoms with van der Waals surface area (Å²) in [5.41, 5.74) is 1.27. The molecule has 0 aliphatic carbocycles. The molecule has 0 saturated carbocycles. The highest BCUT2D eigenvalue weighted by molar-refractivity contribution is 7.89. The molecule has 2 atom stereocenters. The number of hydrogen-bond acceptors (Lipinski definition) is 4. The molecule has 118 valence electrons. The number of hydrogen-bond donors (Lipinski definition) is 2. The number of nitrogens with one attached hydrogen (secondary N) is 1. The van der Waals surface area contributed by atoms with E-state index in [1.807, 2.05) is 0 Å². The number of likely N-dealkylation sites (tertiary alicyclic amines) is 1. The van der Waals surface area contributed by atoms with Gasteiger partial charge in [-0.25, -0.2) is 13.1 Å². The van der Waals surface area contributed by atoms with E-state index in [0.29, 0.717) is 11.1 Å². The van der Waals surface area contributed by atoms with Crippen LogP contribution in [-0.4, -0.2) is 44.6 Å². The van der Waals surface area contributed by atoms with Crippen molar-refractivity contribution in [3.63, 3.8) is 0 Å². The smallest absolute Gasteiger partial charge is 0.241 e. The molecular formula is C15H24N2O3S. The van der Waals surface area contributed by atoms with E-state index < -0.39 is 10.0 Å². The third kappa shape index (κ3) is 3.63. The zero-order valence-corrected chi connectivity index (χ0v) is 13.7. The lowest BCUT2D eigenvalue weighted by molar-refractivity contribution is 0.188. The molecule has 1 aliphatic rings. The Morgan fingerprint density at radius 2 is 2.14 bits per heavy atom. The van der Waals surface area contributed by atoms with Crippen LogP contribution in [0.1, 0.15) is 24.5 Å². The van der Waals surface area contributed by atoms with Gasteiger partial charge in [0.25, 0.3) is 0 Å². The lowest BCUT2D eigenvalue weighted by atomic mass is 9.95. The molecule has 0 radical (unpaired) electrons. The van der Waals surface area contributed by atoms with E-state index in [1.165, 1.54) is 0 Å². The van der Waals surface area contributed by atoms with Crippen LogP contribution in [0.2, 0.25) is 0 Å². The Balaban J connectivity index is 2.23. The molecule has 5 nitrogen and oxygen atoms in total. The average Bonchev–Trinajstić information content (AvgIpc) is 2.42. The molecule has 1 heterocycles. The zero-order chi connectivity index (χ0) is 15.6. The van der Waals surface area contributed by atoms with E-state index in [0.717, 1.165) is 19.5 Å². The summed E-state index contributed by atoms with van der Waals surface area (Å²) in [6, 6.07) is 4.97. The average molecular weight is 312 g/mol. The Bertz CT molecular complexity index is 601. The molecule has 1 aromatic rings. The topological polar surface area (TPSA) is 69.6 Å². The van der Waals surface area contributed by atoms with Gasteiger partial charge in [-0.3, -0.25) is 0 Å². The summed E-state index contributed by atoms with van der Waals surface area (Å²) in [6.45, 7) is 5.44.